The van der Waals surface area contributed by atoms with Crippen molar-refractivity contribution in [1.82, 2.24) is 0 Å². The average Bonchev–Trinajstić information content (AvgIpc) is 3.09. The van der Waals surface area contributed by atoms with E-state index < -0.39 is 30.9 Å². The van der Waals surface area contributed by atoms with E-state index in [4.69, 9.17) is 0 Å². The fourth-order valence-corrected chi connectivity index (χ4v) is 8.93. The van der Waals surface area contributed by atoms with E-state index in [0.29, 0.717) is 17.8 Å². The molecule has 0 aromatic heterocycles. The Kier molecular flexibility index (Phi) is 6.93. The van der Waals surface area contributed by atoms with Gasteiger partial charge >= 0.3 is 12.4 Å². The van der Waals surface area contributed by atoms with E-state index in [9.17, 15) is 35.8 Å². The van der Waals surface area contributed by atoms with E-state index in [1.165, 1.54) is 5.57 Å². The number of halogens is 7. The van der Waals surface area contributed by atoms with Crippen molar-refractivity contribution in [2.24, 2.45) is 40.4 Å². The molecule has 6 unspecified atom stereocenters. The van der Waals surface area contributed by atoms with Crippen LogP contribution >= 0.6 is 0 Å². The van der Waals surface area contributed by atoms with Gasteiger partial charge in [-0.05, 0) is 105 Å². The van der Waals surface area contributed by atoms with Crippen molar-refractivity contribution in [3.63, 3.8) is 0 Å². The lowest BCUT2D eigenvalue weighted by Crippen LogP contribution is -2.53. The van der Waals surface area contributed by atoms with Crippen LogP contribution in [0.5, 0.6) is 0 Å². The first-order valence-corrected chi connectivity index (χ1v) is 13.2. The van der Waals surface area contributed by atoms with Crippen molar-refractivity contribution >= 4 is 0 Å². The number of fused-ring (bicyclic) bond motifs is 5. The zero-order valence-electron chi connectivity index (χ0n) is 20.9. The van der Waals surface area contributed by atoms with Crippen LogP contribution in [0.25, 0.3) is 0 Å². The van der Waals surface area contributed by atoms with Gasteiger partial charge in [0, 0.05) is 0 Å². The molecule has 0 radical (unpaired) electrons. The van der Waals surface area contributed by atoms with E-state index in [2.05, 4.69) is 19.9 Å². The summed E-state index contributed by atoms with van der Waals surface area (Å²) in [5.41, 5.74) is -3.62. The van der Waals surface area contributed by atoms with Crippen molar-refractivity contribution in [2.45, 2.75) is 116 Å². The van der Waals surface area contributed by atoms with Crippen LogP contribution in [0.2, 0.25) is 0 Å². The molecular formula is C27H39F7O. The Morgan fingerprint density at radius 1 is 0.943 bits per heavy atom. The van der Waals surface area contributed by atoms with E-state index in [-0.39, 0.29) is 35.2 Å². The summed E-state index contributed by atoms with van der Waals surface area (Å²) in [5.74, 6) is 1.76. The molecule has 0 bridgehead atoms. The van der Waals surface area contributed by atoms with Crippen LogP contribution < -0.4 is 0 Å². The molecule has 4 rings (SSSR count). The van der Waals surface area contributed by atoms with Crippen LogP contribution in [-0.4, -0.2) is 29.2 Å². The summed E-state index contributed by atoms with van der Waals surface area (Å²) in [4.78, 5) is 0. The second-order valence-electron chi connectivity index (χ2n) is 12.6. The van der Waals surface area contributed by atoms with Crippen LogP contribution in [0, 0.1) is 40.4 Å². The van der Waals surface area contributed by atoms with Gasteiger partial charge in [-0.3, -0.25) is 0 Å². The molecule has 0 saturated heterocycles. The largest absolute Gasteiger partial charge is 0.431 e. The highest BCUT2D eigenvalue weighted by Crippen LogP contribution is 2.67. The third-order valence-electron chi connectivity index (χ3n) is 10.9. The van der Waals surface area contributed by atoms with Crippen LogP contribution in [0.15, 0.2) is 11.6 Å². The quantitative estimate of drug-likeness (QED) is 0.289. The number of alkyl halides is 7. The molecule has 8 atom stereocenters. The topological polar surface area (TPSA) is 20.2 Å². The summed E-state index contributed by atoms with van der Waals surface area (Å²) in [6.07, 6.45) is -4.06. The maximum Gasteiger partial charge on any atom is 0.431 e. The molecular weight excluding hydrogens is 473 g/mol. The van der Waals surface area contributed by atoms with E-state index in [1.807, 2.05) is 6.92 Å². The predicted molar refractivity (Wildman–Crippen MR) is 120 cm³/mol. The maximum atomic E-state index is 14.1. The SMILES string of the molecule is CC(CCCC(F)(C(F)(F)F)C(F)(F)F)C1CCC2C3CC=C4CC(O)CC[C@]4(C)C3CC[C@]12C. The minimum atomic E-state index is -5.96. The van der Waals surface area contributed by atoms with Crippen molar-refractivity contribution in [3.05, 3.63) is 11.6 Å². The summed E-state index contributed by atoms with van der Waals surface area (Å²) in [7, 11) is 0. The summed E-state index contributed by atoms with van der Waals surface area (Å²) >= 11 is 0. The molecule has 1 N–H and O–H groups in total. The Morgan fingerprint density at radius 3 is 2.23 bits per heavy atom. The smallest absolute Gasteiger partial charge is 0.393 e. The van der Waals surface area contributed by atoms with Crippen LogP contribution in [0.1, 0.15) is 91.4 Å². The van der Waals surface area contributed by atoms with Crippen LogP contribution in [0.3, 0.4) is 0 Å². The Bertz CT molecular complexity index is 803. The van der Waals surface area contributed by atoms with Gasteiger partial charge in [0.15, 0.2) is 0 Å². The van der Waals surface area contributed by atoms with Crippen molar-refractivity contribution in [2.75, 3.05) is 0 Å². The number of rotatable bonds is 5. The number of hydrogen-bond donors (Lipinski definition) is 1. The summed E-state index contributed by atoms with van der Waals surface area (Å²) < 4.78 is 91.6. The molecule has 202 valence electrons. The summed E-state index contributed by atoms with van der Waals surface area (Å²) in [5, 5.41) is 10.2. The van der Waals surface area contributed by atoms with E-state index in [1.54, 1.807) is 0 Å². The van der Waals surface area contributed by atoms with Gasteiger partial charge in [-0.2, -0.15) is 26.3 Å². The van der Waals surface area contributed by atoms with Crippen molar-refractivity contribution in [1.29, 1.82) is 0 Å². The van der Waals surface area contributed by atoms with Gasteiger partial charge < -0.3 is 5.11 Å². The summed E-state index contributed by atoms with van der Waals surface area (Å²) in [6, 6.07) is 0. The molecule has 0 amide bonds. The molecule has 3 fully saturated rings. The number of hydrogen-bond acceptors (Lipinski definition) is 1. The highest BCUT2D eigenvalue weighted by Gasteiger charge is 2.71. The minimum absolute atomic E-state index is 0.0112. The average molecular weight is 513 g/mol. The minimum Gasteiger partial charge on any atom is -0.393 e. The van der Waals surface area contributed by atoms with E-state index in [0.717, 1.165) is 51.4 Å². The van der Waals surface area contributed by atoms with Gasteiger partial charge in [0.1, 0.15) is 0 Å². The number of aliphatic hydroxyl groups is 1. The van der Waals surface area contributed by atoms with Gasteiger partial charge in [0.25, 0.3) is 5.67 Å². The molecule has 0 spiro atoms. The fourth-order valence-electron chi connectivity index (χ4n) is 8.93. The molecule has 0 aromatic carbocycles. The predicted octanol–water partition coefficient (Wildman–Crippen LogP) is 8.57. The monoisotopic (exact) mass is 512 g/mol. The maximum absolute atomic E-state index is 14.1. The molecule has 8 heteroatoms. The normalized spacial score (nSPS) is 41.0. The Hall–Kier alpha value is -0.790. The highest BCUT2D eigenvalue weighted by molar-refractivity contribution is 5.25. The van der Waals surface area contributed by atoms with Gasteiger partial charge in [0.2, 0.25) is 0 Å². The van der Waals surface area contributed by atoms with E-state index >= 15 is 0 Å². The summed E-state index contributed by atoms with van der Waals surface area (Å²) in [6.45, 7) is 6.55. The Morgan fingerprint density at radius 2 is 1.60 bits per heavy atom. The molecule has 4 aliphatic rings. The zero-order valence-corrected chi connectivity index (χ0v) is 20.9. The highest BCUT2D eigenvalue weighted by atomic mass is 19.4. The van der Waals surface area contributed by atoms with Crippen molar-refractivity contribution in [3.8, 4) is 0 Å². The first-order chi connectivity index (χ1) is 16.0. The first-order valence-electron chi connectivity index (χ1n) is 13.2. The molecule has 3 saturated carbocycles. The van der Waals surface area contributed by atoms with Gasteiger partial charge in [-0.25, -0.2) is 4.39 Å². The lowest BCUT2D eigenvalue weighted by Gasteiger charge is -2.58. The molecule has 1 nitrogen and oxygen atoms in total. The molecule has 0 aliphatic heterocycles. The lowest BCUT2D eigenvalue weighted by atomic mass is 9.47. The fraction of sp³-hybridized carbons (Fsp3) is 0.926. The third kappa shape index (κ3) is 4.35. The number of allylic oxidation sites excluding steroid dienone is 1. The van der Waals surface area contributed by atoms with Crippen molar-refractivity contribution < 1.29 is 35.8 Å². The zero-order chi connectivity index (χ0) is 26.0. The second kappa shape index (κ2) is 8.90. The Labute approximate surface area is 203 Å². The van der Waals surface area contributed by atoms with Crippen LogP contribution in [-0.2, 0) is 0 Å². The molecule has 0 aromatic rings. The molecule has 4 aliphatic carbocycles. The van der Waals surface area contributed by atoms with Gasteiger partial charge in [0.05, 0.1) is 6.10 Å². The van der Waals surface area contributed by atoms with Gasteiger partial charge in [-0.15, -0.1) is 0 Å². The van der Waals surface area contributed by atoms with Gasteiger partial charge in [-0.1, -0.05) is 38.8 Å². The van der Waals surface area contributed by atoms with Crippen LogP contribution in [0.4, 0.5) is 30.7 Å². The lowest BCUT2D eigenvalue weighted by molar-refractivity contribution is -0.343. The second-order valence-corrected chi connectivity index (χ2v) is 12.6. The standard InChI is InChI=1S/C27H39F7O/c1-16(5-4-12-25(28,26(29,30)31)27(32,33)34)20-8-9-21-19-7-6-17-15-18(35)10-13-23(17,2)22(19)11-14-24(20,21)3/h6,16,18-22,35H,4-5,7-15H2,1-3H3/t16?,18?,19?,20?,21?,22?,23-,24+/m0/s1. The molecule has 35 heavy (non-hydrogen) atoms. The number of aliphatic hydroxyl groups excluding tert-OH is 1. The third-order valence-corrected chi connectivity index (χ3v) is 10.9. The first kappa shape index (κ1) is 27.3. The Balaban J connectivity index is 1.43. The molecule has 0 heterocycles.